The molecule has 0 atom stereocenters. The Balaban J connectivity index is 1.43. The van der Waals surface area contributed by atoms with Crippen LogP contribution in [0.25, 0.3) is 10.9 Å². The molecule has 0 radical (unpaired) electrons. The summed E-state index contributed by atoms with van der Waals surface area (Å²) in [6.07, 6.45) is -1.81. The fraction of sp³-hybridized carbons (Fsp3) is 0.333. The Morgan fingerprint density at radius 2 is 1.69 bits per heavy atom. The first-order valence-electron chi connectivity index (χ1n) is 10.5. The fourth-order valence-corrected chi connectivity index (χ4v) is 4.16. The Bertz CT molecular complexity index is 1140. The number of amides is 1. The van der Waals surface area contributed by atoms with Crippen molar-refractivity contribution in [2.75, 3.05) is 5.32 Å². The van der Waals surface area contributed by atoms with Gasteiger partial charge in [-0.25, -0.2) is 9.37 Å². The minimum Gasteiger partial charge on any atom is -0.382 e. The molecule has 1 aromatic heterocycles. The topological polar surface area (TPSA) is 54.0 Å². The number of pyridine rings is 1. The van der Waals surface area contributed by atoms with Crippen LogP contribution in [0.4, 0.5) is 23.2 Å². The van der Waals surface area contributed by atoms with Crippen LogP contribution in [0, 0.1) is 12.7 Å². The molecule has 8 heteroatoms. The van der Waals surface area contributed by atoms with E-state index in [0.717, 1.165) is 6.07 Å². The van der Waals surface area contributed by atoms with Crippen molar-refractivity contribution in [1.82, 2.24) is 10.3 Å². The molecule has 168 valence electrons. The summed E-state index contributed by atoms with van der Waals surface area (Å²) < 4.78 is 53.6. The first-order valence-corrected chi connectivity index (χ1v) is 10.5. The number of carbonyl (C=O) groups excluding carboxylic acids is 1. The third kappa shape index (κ3) is 4.69. The maximum Gasteiger partial charge on any atom is 0.433 e. The summed E-state index contributed by atoms with van der Waals surface area (Å²) in [5.74, 6) is -0.735. The Morgan fingerprint density at radius 1 is 1.00 bits per heavy atom. The molecule has 0 unspecified atom stereocenters. The number of carbonyl (C=O) groups is 1. The molecule has 4 nitrogen and oxygen atoms in total. The molecule has 0 saturated heterocycles. The van der Waals surface area contributed by atoms with E-state index in [1.807, 2.05) is 0 Å². The molecule has 1 aliphatic carbocycles. The van der Waals surface area contributed by atoms with Gasteiger partial charge in [-0.1, -0.05) is 24.3 Å². The number of aromatic nitrogens is 1. The molecule has 0 spiro atoms. The summed E-state index contributed by atoms with van der Waals surface area (Å²) in [6.45, 7) is 1.57. The predicted molar refractivity (Wildman–Crippen MR) is 115 cm³/mol. The zero-order valence-electron chi connectivity index (χ0n) is 17.5. The summed E-state index contributed by atoms with van der Waals surface area (Å²) >= 11 is 0. The van der Waals surface area contributed by atoms with E-state index in [1.54, 1.807) is 37.3 Å². The van der Waals surface area contributed by atoms with Gasteiger partial charge in [0.05, 0.1) is 5.52 Å². The third-order valence-electron chi connectivity index (χ3n) is 5.94. The van der Waals surface area contributed by atoms with E-state index in [4.69, 9.17) is 0 Å². The number of anilines is 1. The van der Waals surface area contributed by atoms with Crippen molar-refractivity contribution in [2.45, 2.75) is 50.9 Å². The van der Waals surface area contributed by atoms with Crippen LogP contribution in [-0.2, 0) is 6.18 Å². The minimum absolute atomic E-state index is 0.0223. The second-order valence-electron chi connectivity index (χ2n) is 8.15. The lowest BCUT2D eigenvalue weighted by Crippen LogP contribution is -2.40. The molecule has 0 aliphatic heterocycles. The Kier molecular flexibility index (Phi) is 6.04. The van der Waals surface area contributed by atoms with Gasteiger partial charge in [-0.05, 0) is 62.4 Å². The van der Waals surface area contributed by atoms with Crippen LogP contribution in [0.15, 0.2) is 48.5 Å². The molecule has 1 aliphatic rings. The minimum atomic E-state index is -4.53. The molecule has 2 N–H and O–H groups in total. The number of halogens is 4. The molecular formula is C24H23F4N3O. The monoisotopic (exact) mass is 445 g/mol. The number of benzene rings is 2. The Hall–Kier alpha value is -3.16. The van der Waals surface area contributed by atoms with Crippen molar-refractivity contribution < 1.29 is 22.4 Å². The van der Waals surface area contributed by atoms with Crippen LogP contribution in [0.5, 0.6) is 0 Å². The van der Waals surface area contributed by atoms with Crippen molar-refractivity contribution in [2.24, 2.45) is 0 Å². The van der Waals surface area contributed by atoms with E-state index in [1.165, 1.54) is 12.1 Å². The van der Waals surface area contributed by atoms with Gasteiger partial charge in [0.1, 0.15) is 11.5 Å². The summed E-state index contributed by atoms with van der Waals surface area (Å²) in [6, 6.07) is 12.1. The molecular weight excluding hydrogens is 422 g/mol. The Labute approximate surface area is 183 Å². The lowest BCUT2D eigenvalue weighted by atomic mass is 9.90. The van der Waals surface area contributed by atoms with Gasteiger partial charge in [-0.3, -0.25) is 4.79 Å². The highest BCUT2D eigenvalue weighted by Gasteiger charge is 2.34. The van der Waals surface area contributed by atoms with Gasteiger partial charge in [-0.2, -0.15) is 13.2 Å². The van der Waals surface area contributed by atoms with Gasteiger partial charge in [0.25, 0.3) is 5.91 Å². The van der Waals surface area contributed by atoms with E-state index < -0.39 is 17.7 Å². The zero-order chi connectivity index (χ0) is 22.9. The van der Waals surface area contributed by atoms with Gasteiger partial charge in [0, 0.05) is 28.7 Å². The van der Waals surface area contributed by atoms with E-state index >= 15 is 0 Å². The van der Waals surface area contributed by atoms with Crippen LogP contribution in [-0.4, -0.2) is 23.0 Å². The molecule has 0 bridgehead atoms. The number of para-hydroxylation sites is 1. The van der Waals surface area contributed by atoms with Crippen molar-refractivity contribution in [3.05, 3.63) is 71.2 Å². The van der Waals surface area contributed by atoms with E-state index in [9.17, 15) is 22.4 Å². The first kappa shape index (κ1) is 22.0. The lowest BCUT2D eigenvalue weighted by Gasteiger charge is -2.31. The van der Waals surface area contributed by atoms with E-state index in [-0.39, 0.29) is 23.5 Å². The van der Waals surface area contributed by atoms with Gasteiger partial charge in [0.2, 0.25) is 0 Å². The number of fused-ring (bicyclic) bond motifs is 1. The van der Waals surface area contributed by atoms with Gasteiger partial charge < -0.3 is 10.6 Å². The van der Waals surface area contributed by atoms with Crippen molar-refractivity contribution in [1.29, 1.82) is 0 Å². The normalized spacial score (nSPS) is 19.0. The molecule has 1 heterocycles. The maximum absolute atomic E-state index is 13.7. The summed E-state index contributed by atoms with van der Waals surface area (Å²) in [5, 5.41) is 6.85. The fourth-order valence-electron chi connectivity index (χ4n) is 4.16. The average Bonchev–Trinajstić information content (AvgIpc) is 2.76. The van der Waals surface area contributed by atoms with Gasteiger partial charge >= 0.3 is 6.18 Å². The molecule has 4 rings (SSSR count). The lowest BCUT2D eigenvalue weighted by molar-refractivity contribution is -0.140. The highest BCUT2D eigenvalue weighted by molar-refractivity contribution is 5.96. The predicted octanol–water partition coefficient (Wildman–Crippen LogP) is 5.85. The largest absolute Gasteiger partial charge is 0.433 e. The number of rotatable bonds is 4. The van der Waals surface area contributed by atoms with Crippen molar-refractivity contribution >= 4 is 22.5 Å². The molecule has 1 fully saturated rings. The summed E-state index contributed by atoms with van der Waals surface area (Å²) in [4.78, 5) is 16.3. The zero-order valence-corrected chi connectivity index (χ0v) is 17.5. The van der Waals surface area contributed by atoms with E-state index in [0.29, 0.717) is 47.9 Å². The number of nitrogens with zero attached hydrogens (tertiary/aromatic N) is 1. The van der Waals surface area contributed by atoms with Crippen molar-refractivity contribution in [3.8, 4) is 0 Å². The number of alkyl halides is 3. The molecule has 2 aromatic carbocycles. The standard InChI is InChI=1S/C24H23F4N3O/c1-14-17(6-4-7-19(14)25)23(32)30-16-11-9-15(10-12-16)29-21-13-22(24(26,27)28)31-20-8-3-2-5-18(20)21/h2-8,13,15-16H,9-12H2,1H3,(H,29,31)(H,30,32)/t15-,16+. The molecule has 1 saturated carbocycles. The smallest absolute Gasteiger partial charge is 0.382 e. The second kappa shape index (κ2) is 8.76. The highest BCUT2D eigenvalue weighted by Crippen LogP contribution is 2.34. The van der Waals surface area contributed by atoms with Crippen LogP contribution in [0.1, 0.15) is 47.3 Å². The van der Waals surface area contributed by atoms with Crippen LogP contribution in [0.2, 0.25) is 0 Å². The molecule has 1 amide bonds. The average molecular weight is 445 g/mol. The third-order valence-corrected chi connectivity index (χ3v) is 5.94. The first-order chi connectivity index (χ1) is 15.2. The van der Waals surface area contributed by atoms with Crippen LogP contribution >= 0.6 is 0 Å². The van der Waals surface area contributed by atoms with Gasteiger partial charge in [-0.15, -0.1) is 0 Å². The van der Waals surface area contributed by atoms with Crippen LogP contribution < -0.4 is 10.6 Å². The number of nitrogens with one attached hydrogen (secondary N) is 2. The van der Waals surface area contributed by atoms with Crippen LogP contribution in [0.3, 0.4) is 0 Å². The van der Waals surface area contributed by atoms with Gasteiger partial charge in [0.15, 0.2) is 0 Å². The number of hydrogen-bond acceptors (Lipinski definition) is 3. The summed E-state index contributed by atoms with van der Waals surface area (Å²) in [5.41, 5.74) is 0.394. The highest BCUT2D eigenvalue weighted by atomic mass is 19.4. The molecule has 32 heavy (non-hydrogen) atoms. The Morgan fingerprint density at radius 3 is 2.41 bits per heavy atom. The SMILES string of the molecule is Cc1c(F)cccc1C(=O)N[C@H]1CC[C@@H](Nc2cc(C(F)(F)F)nc3ccccc23)CC1. The molecule has 3 aromatic rings. The second-order valence-corrected chi connectivity index (χ2v) is 8.15. The number of hydrogen-bond donors (Lipinski definition) is 2. The summed E-state index contributed by atoms with van der Waals surface area (Å²) in [7, 11) is 0. The van der Waals surface area contributed by atoms with Crippen molar-refractivity contribution in [3.63, 3.8) is 0 Å². The maximum atomic E-state index is 13.7. The van der Waals surface area contributed by atoms with E-state index in [2.05, 4.69) is 15.6 Å². The quantitative estimate of drug-likeness (QED) is 0.495.